The number of hydrogen-bond donors (Lipinski definition) is 0. The summed E-state index contributed by atoms with van der Waals surface area (Å²) < 4.78 is 5.75. The number of allylic oxidation sites excluding steroid dienone is 2. The van der Waals surface area contributed by atoms with E-state index in [0.717, 1.165) is 18.8 Å². The maximum atomic E-state index is 5.75. The van der Waals surface area contributed by atoms with Gasteiger partial charge < -0.3 is 4.74 Å². The molecule has 2 aromatic rings. The Bertz CT molecular complexity index is 594. The molecule has 23 heavy (non-hydrogen) atoms. The van der Waals surface area contributed by atoms with Crippen LogP contribution in [0.1, 0.15) is 43.7 Å². The van der Waals surface area contributed by atoms with Crippen LogP contribution in [0.3, 0.4) is 0 Å². The van der Waals surface area contributed by atoms with Crippen molar-refractivity contribution in [3.63, 3.8) is 0 Å². The molecular formula is C22H26O. The number of benzene rings is 2. The minimum absolute atomic E-state index is 0.814. The molecule has 2 rings (SSSR count). The van der Waals surface area contributed by atoms with Crippen molar-refractivity contribution >= 4 is 12.2 Å². The lowest BCUT2D eigenvalue weighted by Crippen LogP contribution is -1.96. The molecule has 1 nitrogen and oxygen atoms in total. The first-order valence-electron chi connectivity index (χ1n) is 8.51. The van der Waals surface area contributed by atoms with E-state index in [-0.39, 0.29) is 0 Å². The smallest absolute Gasteiger partial charge is 0.119 e. The molecule has 1 heteroatoms. The molecule has 0 aromatic heterocycles. The van der Waals surface area contributed by atoms with Gasteiger partial charge in [0.1, 0.15) is 5.75 Å². The normalized spacial score (nSPS) is 11.3. The fourth-order valence-electron chi connectivity index (χ4n) is 2.29. The van der Waals surface area contributed by atoms with Gasteiger partial charge in [-0.15, -0.1) is 0 Å². The Kier molecular flexibility index (Phi) is 7.76. The number of hydrogen-bond acceptors (Lipinski definition) is 1. The molecule has 0 atom stereocenters. The highest BCUT2D eigenvalue weighted by Crippen LogP contribution is 2.14. The van der Waals surface area contributed by atoms with E-state index in [1.807, 2.05) is 30.3 Å². The third-order valence-electron chi connectivity index (χ3n) is 3.63. The van der Waals surface area contributed by atoms with Crippen molar-refractivity contribution in [2.24, 2.45) is 0 Å². The summed E-state index contributed by atoms with van der Waals surface area (Å²) in [6.07, 6.45) is 13.3. The Morgan fingerprint density at radius 2 is 1.39 bits per heavy atom. The molecule has 2 aromatic carbocycles. The number of unbranched alkanes of at least 4 members (excludes halogenated alkanes) is 3. The zero-order valence-electron chi connectivity index (χ0n) is 13.9. The van der Waals surface area contributed by atoms with Gasteiger partial charge in [0.15, 0.2) is 0 Å². The van der Waals surface area contributed by atoms with Gasteiger partial charge in [-0.2, -0.15) is 0 Å². The van der Waals surface area contributed by atoms with Crippen LogP contribution < -0.4 is 4.74 Å². The molecule has 0 heterocycles. The molecule has 0 fully saturated rings. The lowest BCUT2D eigenvalue weighted by atomic mass is 10.2. The SMILES string of the molecule is CCCCCCOc1ccc(/C=C/C=C/c2ccccc2)cc1. The Balaban J connectivity index is 1.76. The molecule has 120 valence electrons. The Labute approximate surface area is 140 Å². The molecule has 0 unspecified atom stereocenters. The summed E-state index contributed by atoms with van der Waals surface area (Å²) in [5.41, 5.74) is 2.39. The van der Waals surface area contributed by atoms with Crippen LogP contribution in [0.15, 0.2) is 66.7 Å². The van der Waals surface area contributed by atoms with Crippen molar-refractivity contribution < 1.29 is 4.74 Å². The van der Waals surface area contributed by atoms with Gasteiger partial charge in [-0.3, -0.25) is 0 Å². The number of ether oxygens (including phenoxy) is 1. The van der Waals surface area contributed by atoms with Gasteiger partial charge in [-0.1, -0.05) is 93.0 Å². The maximum Gasteiger partial charge on any atom is 0.119 e. The summed E-state index contributed by atoms with van der Waals surface area (Å²) in [7, 11) is 0. The molecule has 0 radical (unpaired) electrons. The van der Waals surface area contributed by atoms with Crippen molar-refractivity contribution in [3.8, 4) is 5.75 Å². The minimum atomic E-state index is 0.814. The van der Waals surface area contributed by atoms with Crippen molar-refractivity contribution in [2.75, 3.05) is 6.61 Å². The second-order valence-electron chi connectivity index (χ2n) is 5.61. The third-order valence-corrected chi connectivity index (χ3v) is 3.63. The van der Waals surface area contributed by atoms with Gasteiger partial charge in [0, 0.05) is 0 Å². The fourth-order valence-corrected chi connectivity index (χ4v) is 2.29. The summed E-state index contributed by atoms with van der Waals surface area (Å²) in [6.45, 7) is 3.04. The summed E-state index contributed by atoms with van der Waals surface area (Å²) in [5.74, 6) is 0.957. The van der Waals surface area contributed by atoms with Gasteiger partial charge in [-0.05, 0) is 29.7 Å². The largest absolute Gasteiger partial charge is 0.494 e. The predicted molar refractivity (Wildman–Crippen MR) is 101 cm³/mol. The molecule has 0 amide bonds. The zero-order chi connectivity index (χ0) is 16.2. The summed E-state index contributed by atoms with van der Waals surface area (Å²) in [5, 5.41) is 0. The third kappa shape index (κ3) is 7.01. The zero-order valence-corrected chi connectivity index (χ0v) is 13.9. The van der Waals surface area contributed by atoms with E-state index < -0.39 is 0 Å². The molecule has 0 bridgehead atoms. The Morgan fingerprint density at radius 3 is 2.04 bits per heavy atom. The van der Waals surface area contributed by atoms with Gasteiger partial charge in [-0.25, -0.2) is 0 Å². The molecule has 0 aliphatic heterocycles. The molecule has 0 aliphatic rings. The standard InChI is InChI=1S/C22H26O/c1-2-3-4-10-19-23-22-17-15-21(16-18-22)14-9-8-13-20-11-6-5-7-12-20/h5-9,11-18H,2-4,10,19H2,1H3/b13-8+,14-9+. The first-order valence-corrected chi connectivity index (χ1v) is 8.51. The summed E-state index contributed by atoms with van der Waals surface area (Å²) in [4.78, 5) is 0. The van der Waals surface area contributed by atoms with E-state index in [2.05, 4.69) is 55.5 Å². The summed E-state index contributed by atoms with van der Waals surface area (Å²) in [6, 6.07) is 18.6. The molecule has 0 saturated carbocycles. The quantitative estimate of drug-likeness (QED) is 0.386. The van der Waals surface area contributed by atoms with Crippen molar-refractivity contribution in [1.29, 1.82) is 0 Å². The predicted octanol–water partition coefficient (Wildman–Crippen LogP) is 6.37. The number of rotatable bonds is 9. The van der Waals surface area contributed by atoms with E-state index in [9.17, 15) is 0 Å². The first-order chi connectivity index (χ1) is 11.4. The molecule has 0 aliphatic carbocycles. The molecule has 0 spiro atoms. The van der Waals surface area contributed by atoms with Crippen molar-refractivity contribution in [2.45, 2.75) is 32.6 Å². The van der Waals surface area contributed by atoms with Gasteiger partial charge in [0.25, 0.3) is 0 Å². The van der Waals surface area contributed by atoms with Crippen LogP contribution >= 0.6 is 0 Å². The highest BCUT2D eigenvalue weighted by Gasteiger charge is 1.94. The second-order valence-corrected chi connectivity index (χ2v) is 5.61. The molecular weight excluding hydrogens is 280 g/mol. The van der Waals surface area contributed by atoms with E-state index in [1.165, 1.54) is 30.4 Å². The highest BCUT2D eigenvalue weighted by molar-refractivity contribution is 5.57. The minimum Gasteiger partial charge on any atom is -0.494 e. The van der Waals surface area contributed by atoms with Crippen LogP contribution in [0.5, 0.6) is 5.75 Å². The van der Waals surface area contributed by atoms with Gasteiger partial charge in [0.2, 0.25) is 0 Å². The van der Waals surface area contributed by atoms with Crippen LogP contribution in [-0.4, -0.2) is 6.61 Å². The average molecular weight is 306 g/mol. The summed E-state index contributed by atoms with van der Waals surface area (Å²) >= 11 is 0. The van der Waals surface area contributed by atoms with E-state index >= 15 is 0 Å². The van der Waals surface area contributed by atoms with Crippen LogP contribution in [0.25, 0.3) is 12.2 Å². The van der Waals surface area contributed by atoms with Crippen LogP contribution in [0.2, 0.25) is 0 Å². The molecule has 0 N–H and O–H groups in total. The first kappa shape index (κ1) is 17.1. The Morgan fingerprint density at radius 1 is 0.739 bits per heavy atom. The Hall–Kier alpha value is -2.28. The second kappa shape index (κ2) is 10.4. The topological polar surface area (TPSA) is 9.23 Å². The highest BCUT2D eigenvalue weighted by atomic mass is 16.5. The van der Waals surface area contributed by atoms with Crippen LogP contribution in [-0.2, 0) is 0 Å². The van der Waals surface area contributed by atoms with E-state index in [4.69, 9.17) is 4.74 Å². The molecule has 0 saturated heterocycles. The lowest BCUT2D eigenvalue weighted by Gasteiger charge is -2.05. The van der Waals surface area contributed by atoms with Crippen LogP contribution in [0.4, 0.5) is 0 Å². The van der Waals surface area contributed by atoms with E-state index in [0.29, 0.717) is 0 Å². The van der Waals surface area contributed by atoms with Gasteiger partial charge in [0.05, 0.1) is 6.61 Å². The van der Waals surface area contributed by atoms with Crippen LogP contribution in [0, 0.1) is 0 Å². The van der Waals surface area contributed by atoms with E-state index in [1.54, 1.807) is 0 Å². The maximum absolute atomic E-state index is 5.75. The van der Waals surface area contributed by atoms with Gasteiger partial charge >= 0.3 is 0 Å². The fraction of sp³-hybridized carbons (Fsp3) is 0.273. The van der Waals surface area contributed by atoms with Crippen molar-refractivity contribution in [3.05, 3.63) is 77.9 Å². The van der Waals surface area contributed by atoms with Crippen molar-refractivity contribution in [1.82, 2.24) is 0 Å². The lowest BCUT2D eigenvalue weighted by molar-refractivity contribution is 0.305. The average Bonchev–Trinajstić information content (AvgIpc) is 2.61. The monoisotopic (exact) mass is 306 g/mol.